The van der Waals surface area contributed by atoms with Gasteiger partial charge in [-0.2, -0.15) is 0 Å². The van der Waals surface area contributed by atoms with E-state index in [-0.39, 0.29) is 24.1 Å². The average molecular weight is 939 g/mol. The molecule has 4 amide bonds. The van der Waals surface area contributed by atoms with Gasteiger partial charge >= 0.3 is 0 Å². The maximum Gasteiger partial charge on any atom is 0.255 e. The number of benzene rings is 3. The van der Waals surface area contributed by atoms with Crippen molar-refractivity contribution >= 4 is 53.4 Å². The highest BCUT2D eigenvalue weighted by Gasteiger charge is 2.39. The Morgan fingerprint density at radius 3 is 2.41 bits per heavy atom. The smallest absolute Gasteiger partial charge is 0.255 e. The Morgan fingerprint density at radius 1 is 0.879 bits per heavy atom. The van der Waals surface area contributed by atoms with Gasteiger partial charge in [-0.1, -0.05) is 54.8 Å². The van der Waals surface area contributed by atoms with Gasteiger partial charge in [0.05, 0.1) is 24.4 Å². The van der Waals surface area contributed by atoms with Crippen LogP contribution in [0.2, 0.25) is 5.02 Å². The third-order valence-corrected chi connectivity index (χ3v) is 15.4. The number of piperazine rings is 1. The molecule has 14 nitrogen and oxygen atoms in total. The number of imide groups is 1. The number of anilines is 1. The van der Waals surface area contributed by atoms with Crippen molar-refractivity contribution in [3.63, 3.8) is 0 Å². The van der Waals surface area contributed by atoms with E-state index in [0.29, 0.717) is 72.7 Å². The normalized spacial score (nSPS) is 18.4. The molecule has 8 rings (SSSR count). The van der Waals surface area contributed by atoms with Crippen LogP contribution in [-0.2, 0) is 38.3 Å². The largest absolute Gasteiger partial charge is 0.496 e. The van der Waals surface area contributed by atoms with Crippen molar-refractivity contribution in [2.24, 2.45) is 0 Å². The predicted octanol–water partition coefficient (Wildman–Crippen LogP) is 6.47. The predicted molar refractivity (Wildman–Crippen MR) is 256 cm³/mol. The number of halogens is 1. The van der Waals surface area contributed by atoms with E-state index in [2.05, 4.69) is 38.3 Å². The van der Waals surface area contributed by atoms with Gasteiger partial charge in [0.15, 0.2) is 0 Å². The van der Waals surface area contributed by atoms with E-state index in [1.54, 1.807) is 43.7 Å². The minimum Gasteiger partial charge on any atom is -0.496 e. The molecule has 3 fully saturated rings. The Kier molecular flexibility index (Phi) is 15.1. The van der Waals surface area contributed by atoms with E-state index in [1.165, 1.54) is 0 Å². The fraction of sp³-hybridized carbons (Fsp3) is 0.480. The summed E-state index contributed by atoms with van der Waals surface area (Å²) in [7, 11) is -0.780. The zero-order chi connectivity index (χ0) is 46.4. The summed E-state index contributed by atoms with van der Waals surface area (Å²) < 4.78 is 24.9. The summed E-state index contributed by atoms with van der Waals surface area (Å²) in [6.45, 7) is 9.68. The van der Waals surface area contributed by atoms with Crippen LogP contribution in [0.1, 0.15) is 96.4 Å². The number of rotatable bonds is 17. The number of piperidine rings is 2. The number of amides is 4. The Bertz CT molecular complexity index is 2480. The summed E-state index contributed by atoms with van der Waals surface area (Å²) in [5.41, 5.74) is 5.19. The second-order valence-corrected chi connectivity index (χ2v) is 21.9. The second kappa shape index (κ2) is 21.1. The van der Waals surface area contributed by atoms with E-state index in [9.17, 15) is 23.7 Å². The van der Waals surface area contributed by atoms with Crippen LogP contribution in [0.4, 0.5) is 5.69 Å². The number of nitrogens with zero attached hydrogens (tertiary/aromatic N) is 6. The number of unbranched alkanes of at least 4 members (excludes halogenated alkanes) is 3. The molecule has 1 aromatic heterocycles. The molecule has 5 heterocycles. The molecule has 1 unspecified atom stereocenters. The first-order valence-corrected chi connectivity index (χ1v) is 26.3. The lowest BCUT2D eigenvalue weighted by Crippen LogP contribution is -2.54. The van der Waals surface area contributed by atoms with E-state index in [0.717, 1.165) is 111 Å². The molecule has 1 N–H and O–H groups in total. The van der Waals surface area contributed by atoms with E-state index in [4.69, 9.17) is 26.1 Å². The fourth-order valence-corrected chi connectivity index (χ4v) is 11.3. The molecule has 0 radical (unpaired) electrons. The molecule has 0 bridgehead atoms. The fourth-order valence-electron chi connectivity index (χ4n) is 9.81. The van der Waals surface area contributed by atoms with Gasteiger partial charge in [-0.25, -0.2) is 9.97 Å². The van der Waals surface area contributed by atoms with Gasteiger partial charge in [-0.3, -0.25) is 29.4 Å². The molecule has 66 heavy (non-hydrogen) atoms. The maximum absolute atomic E-state index is 13.1. The van der Waals surface area contributed by atoms with Crippen LogP contribution in [0.15, 0.2) is 66.9 Å². The number of methoxy groups -OCH3 is 1. The standard InChI is InChI=1S/C50H61ClN7O7P/c1-64-44-31-38(14-13-34(44)30-46-52-32-41(51)42(53-46)29-35-10-7-8-11-45(35)66(2,3)63)55-21-19-37(20-22-55)56-23-25-57(26-24-56)48(60)12-6-4-5-9-27-65-39-15-16-40-36(28-39)33-58(50(40)62)43-17-18-47(59)54-49(43)61/h7-8,10-11,13-16,28,31-32,37,43H,4-6,9,12,17-27,29-30,33H2,1-3H3,(H,54,59,61). The van der Waals surface area contributed by atoms with Gasteiger partial charge < -0.3 is 28.7 Å². The lowest BCUT2D eigenvalue weighted by atomic mass is 10.0. The van der Waals surface area contributed by atoms with Crippen molar-refractivity contribution in [1.29, 1.82) is 0 Å². The van der Waals surface area contributed by atoms with Gasteiger partial charge in [-0.15, -0.1) is 0 Å². The minimum absolute atomic E-state index is 0.192. The maximum atomic E-state index is 13.1. The van der Waals surface area contributed by atoms with Crippen LogP contribution in [0, 0.1) is 0 Å². The molecule has 350 valence electrons. The first-order chi connectivity index (χ1) is 31.8. The minimum atomic E-state index is -2.48. The lowest BCUT2D eigenvalue weighted by molar-refractivity contribution is -0.137. The van der Waals surface area contributed by atoms with Crippen LogP contribution in [0.3, 0.4) is 0 Å². The molecule has 1 atom stereocenters. The Labute approximate surface area is 392 Å². The van der Waals surface area contributed by atoms with Crippen LogP contribution in [0.5, 0.6) is 11.5 Å². The van der Waals surface area contributed by atoms with Crippen LogP contribution in [-0.4, -0.2) is 127 Å². The molecule has 4 aromatic rings. The van der Waals surface area contributed by atoms with Crippen LogP contribution in [0.25, 0.3) is 0 Å². The number of hydrogen-bond acceptors (Lipinski definition) is 11. The topological polar surface area (TPSA) is 155 Å². The van der Waals surface area contributed by atoms with Crippen molar-refractivity contribution in [2.75, 3.05) is 71.2 Å². The van der Waals surface area contributed by atoms with E-state index >= 15 is 0 Å². The number of fused-ring (bicyclic) bond motifs is 1. The van der Waals surface area contributed by atoms with Crippen molar-refractivity contribution in [3.8, 4) is 11.5 Å². The second-order valence-electron chi connectivity index (χ2n) is 18.3. The third-order valence-electron chi connectivity index (χ3n) is 13.5. The van der Waals surface area contributed by atoms with Gasteiger partial charge in [0.2, 0.25) is 17.7 Å². The van der Waals surface area contributed by atoms with Gasteiger partial charge in [0.25, 0.3) is 5.91 Å². The summed E-state index contributed by atoms with van der Waals surface area (Å²) in [5, 5.41) is 3.67. The number of ether oxygens (including phenoxy) is 2. The molecule has 0 saturated carbocycles. The highest BCUT2D eigenvalue weighted by Crippen LogP contribution is 2.37. The molecule has 0 aliphatic carbocycles. The number of carbonyl (C=O) groups is 4. The molecule has 4 aliphatic rings. The van der Waals surface area contributed by atoms with Crippen molar-refractivity contribution < 1.29 is 33.2 Å². The van der Waals surface area contributed by atoms with Gasteiger partial charge in [-0.05, 0) is 80.8 Å². The van der Waals surface area contributed by atoms with Crippen LogP contribution >= 0.6 is 18.7 Å². The molecule has 4 aliphatic heterocycles. The zero-order valence-corrected chi connectivity index (χ0v) is 40.0. The van der Waals surface area contributed by atoms with Gasteiger partial charge in [0, 0.05) is 112 Å². The number of nitrogens with one attached hydrogen (secondary N) is 1. The first kappa shape index (κ1) is 47.2. The van der Waals surface area contributed by atoms with E-state index in [1.807, 2.05) is 35.2 Å². The Balaban J connectivity index is 0.721. The summed E-state index contributed by atoms with van der Waals surface area (Å²) in [6, 6.07) is 19.4. The third kappa shape index (κ3) is 11.3. The monoisotopic (exact) mass is 937 g/mol. The Morgan fingerprint density at radius 2 is 1.65 bits per heavy atom. The number of hydrogen-bond donors (Lipinski definition) is 1. The molecular formula is C50H61ClN7O7P. The molecular weight excluding hydrogens is 877 g/mol. The van der Waals surface area contributed by atoms with Crippen molar-refractivity contribution in [3.05, 3.63) is 106 Å². The highest BCUT2D eigenvalue weighted by atomic mass is 35.5. The van der Waals surface area contributed by atoms with Gasteiger partial charge in [0.1, 0.15) is 30.5 Å². The van der Waals surface area contributed by atoms with Crippen molar-refractivity contribution in [1.82, 2.24) is 30.0 Å². The molecule has 3 aromatic carbocycles. The summed E-state index contributed by atoms with van der Waals surface area (Å²) in [5.74, 6) is 1.47. The summed E-state index contributed by atoms with van der Waals surface area (Å²) in [4.78, 5) is 68.0. The Hall–Kier alpha value is -5.30. The average Bonchev–Trinajstić information content (AvgIpc) is 3.64. The highest BCUT2D eigenvalue weighted by molar-refractivity contribution is 7.70. The number of aromatic nitrogens is 2. The summed E-state index contributed by atoms with van der Waals surface area (Å²) in [6.07, 6.45) is 9.51. The molecule has 0 spiro atoms. The van der Waals surface area contributed by atoms with Crippen molar-refractivity contribution in [2.45, 2.75) is 89.3 Å². The number of carbonyl (C=O) groups excluding carboxylic acids is 4. The quantitative estimate of drug-likeness (QED) is 0.0704. The SMILES string of the molecule is COc1cc(N2CCC(N3CCN(C(=O)CCCCCCOc4ccc5c(c4)CN(C4CCC(=O)NC4=O)C5=O)CC3)CC2)ccc1Cc1ncc(Cl)c(Cc2ccccc2P(C)(C)=O)n1. The molecule has 3 saturated heterocycles. The lowest BCUT2D eigenvalue weighted by Gasteiger charge is -2.43. The van der Waals surface area contributed by atoms with Crippen LogP contribution < -0.4 is 25.0 Å². The molecule has 16 heteroatoms. The summed E-state index contributed by atoms with van der Waals surface area (Å²) >= 11 is 6.57. The van der Waals surface area contributed by atoms with E-state index < -0.39 is 19.1 Å². The first-order valence-electron chi connectivity index (χ1n) is 23.3. The zero-order valence-electron chi connectivity index (χ0n) is 38.3.